The second-order valence-electron chi connectivity index (χ2n) is 4.26. The van der Waals surface area contributed by atoms with Gasteiger partial charge in [-0.05, 0) is 31.5 Å². The van der Waals surface area contributed by atoms with E-state index < -0.39 is 0 Å². The molecule has 4 heteroatoms. The molecule has 0 aliphatic carbocycles. The van der Waals surface area contributed by atoms with E-state index in [1.165, 1.54) is 0 Å². The average molecular weight is 247 g/mol. The number of anilines is 1. The largest absolute Gasteiger partial charge is 0.383 e. The Morgan fingerprint density at radius 1 is 1.50 bits per heavy atom. The van der Waals surface area contributed by atoms with Crippen molar-refractivity contribution in [1.29, 1.82) is 5.26 Å². The number of nitrogens with two attached hydrogens (primary N) is 1. The van der Waals surface area contributed by atoms with Crippen LogP contribution in [0.3, 0.4) is 0 Å². The van der Waals surface area contributed by atoms with Gasteiger partial charge in [0.05, 0.1) is 17.9 Å². The Bertz CT molecular complexity index is 426. The van der Waals surface area contributed by atoms with Crippen molar-refractivity contribution in [2.24, 2.45) is 5.73 Å². The summed E-state index contributed by atoms with van der Waals surface area (Å²) in [6, 6.07) is 8.27. The molecule has 0 radical (unpaired) electrons. The molecule has 1 atom stereocenters. The Hall–Kier alpha value is -1.57. The lowest BCUT2D eigenvalue weighted by Gasteiger charge is -2.30. The van der Waals surface area contributed by atoms with Crippen molar-refractivity contribution < 1.29 is 4.74 Å². The Balaban J connectivity index is 3.09. The SMILES string of the molecule is CCN(c1ccc(CN)cc1C#N)C(C)COC. The number of rotatable bonds is 6. The average Bonchev–Trinajstić information content (AvgIpc) is 2.40. The van der Waals surface area contributed by atoms with E-state index in [1.807, 2.05) is 18.2 Å². The fourth-order valence-electron chi connectivity index (χ4n) is 2.10. The van der Waals surface area contributed by atoms with Gasteiger partial charge in [-0.2, -0.15) is 5.26 Å². The van der Waals surface area contributed by atoms with E-state index in [-0.39, 0.29) is 6.04 Å². The van der Waals surface area contributed by atoms with Gasteiger partial charge in [0, 0.05) is 26.2 Å². The van der Waals surface area contributed by atoms with Crippen LogP contribution in [0, 0.1) is 11.3 Å². The molecule has 0 saturated carbocycles. The van der Waals surface area contributed by atoms with Gasteiger partial charge in [0.2, 0.25) is 0 Å². The molecule has 0 amide bonds. The van der Waals surface area contributed by atoms with Crippen LogP contribution in [0.5, 0.6) is 0 Å². The van der Waals surface area contributed by atoms with E-state index >= 15 is 0 Å². The van der Waals surface area contributed by atoms with E-state index in [9.17, 15) is 5.26 Å². The number of methoxy groups -OCH3 is 1. The number of ether oxygens (including phenoxy) is 1. The van der Waals surface area contributed by atoms with Gasteiger partial charge in [-0.15, -0.1) is 0 Å². The molecule has 1 rings (SSSR count). The monoisotopic (exact) mass is 247 g/mol. The van der Waals surface area contributed by atoms with Gasteiger partial charge >= 0.3 is 0 Å². The Morgan fingerprint density at radius 2 is 2.22 bits per heavy atom. The standard InChI is InChI=1S/C14H21N3O/c1-4-17(11(2)10-18-3)14-6-5-12(8-15)7-13(14)9-16/h5-7,11H,4,8,10,15H2,1-3H3. The Morgan fingerprint density at radius 3 is 2.72 bits per heavy atom. The zero-order chi connectivity index (χ0) is 13.5. The third-order valence-corrected chi connectivity index (χ3v) is 3.01. The van der Waals surface area contributed by atoms with Crippen LogP contribution in [-0.4, -0.2) is 26.3 Å². The minimum Gasteiger partial charge on any atom is -0.383 e. The number of hydrogen-bond donors (Lipinski definition) is 1. The number of likely N-dealkylation sites (N-methyl/N-ethyl adjacent to an activating group) is 1. The highest BCUT2D eigenvalue weighted by Gasteiger charge is 2.16. The minimum absolute atomic E-state index is 0.232. The van der Waals surface area contributed by atoms with Gasteiger partial charge in [0.15, 0.2) is 0 Å². The third-order valence-electron chi connectivity index (χ3n) is 3.01. The number of benzene rings is 1. The van der Waals surface area contributed by atoms with Gasteiger partial charge in [-0.3, -0.25) is 0 Å². The predicted octanol–water partition coefficient (Wildman–Crippen LogP) is 1.88. The van der Waals surface area contributed by atoms with Gasteiger partial charge < -0.3 is 15.4 Å². The smallest absolute Gasteiger partial charge is 0.101 e. The van der Waals surface area contributed by atoms with Crippen molar-refractivity contribution in [3.05, 3.63) is 29.3 Å². The van der Waals surface area contributed by atoms with Crippen LogP contribution in [0.15, 0.2) is 18.2 Å². The van der Waals surface area contributed by atoms with Gasteiger partial charge in [-0.1, -0.05) is 6.07 Å². The van der Waals surface area contributed by atoms with Crippen LogP contribution in [-0.2, 0) is 11.3 Å². The van der Waals surface area contributed by atoms with E-state index in [0.717, 1.165) is 17.8 Å². The van der Waals surface area contributed by atoms with Gasteiger partial charge in [0.25, 0.3) is 0 Å². The van der Waals surface area contributed by atoms with Crippen LogP contribution in [0.1, 0.15) is 25.0 Å². The first kappa shape index (κ1) is 14.5. The lowest BCUT2D eigenvalue weighted by atomic mass is 10.1. The summed E-state index contributed by atoms with van der Waals surface area (Å²) < 4.78 is 5.18. The van der Waals surface area contributed by atoms with E-state index in [1.54, 1.807) is 7.11 Å². The first-order valence-electron chi connectivity index (χ1n) is 6.16. The van der Waals surface area contributed by atoms with E-state index in [0.29, 0.717) is 18.7 Å². The molecule has 4 nitrogen and oxygen atoms in total. The molecule has 1 aromatic rings. The fraction of sp³-hybridized carbons (Fsp3) is 0.500. The van der Waals surface area contributed by atoms with Gasteiger partial charge in [0.1, 0.15) is 6.07 Å². The van der Waals surface area contributed by atoms with Gasteiger partial charge in [-0.25, -0.2) is 0 Å². The summed E-state index contributed by atoms with van der Waals surface area (Å²) in [5.41, 5.74) is 8.19. The van der Waals surface area contributed by atoms with Crippen molar-refractivity contribution in [1.82, 2.24) is 0 Å². The second kappa shape index (κ2) is 7.00. The highest BCUT2D eigenvalue weighted by molar-refractivity contribution is 5.61. The first-order chi connectivity index (χ1) is 8.67. The van der Waals surface area contributed by atoms with Crippen molar-refractivity contribution in [2.45, 2.75) is 26.4 Å². The summed E-state index contributed by atoms with van der Waals surface area (Å²) >= 11 is 0. The molecule has 1 aromatic carbocycles. The Kier molecular flexibility index (Phi) is 5.63. The topological polar surface area (TPSA) is 62.3 Å². The van der Waals surface area contributed by atoms with E-state index in [2.05, 4.69) is 24.8 Å². The van der Waals surface area contributed by atoms with Crippen LogP contribution < -0.4 is 10.6 Å². The molecule has 0 spiro atoms. The van der Waals surface area contributed by atoms with Crippen LogP contribution >= 0.6 is 0 Å². The molecule has 0 aromatic heterocycles. The summed E-state index contributed by atoms with van der Waals surface area (Å²) in [5, 5.41) is 9.25. The third kappa shape index (κ3) is 3.22. The predicted molar refractivity (Wildman–Crippen MR) is 73.4 cm³/mol. The van der Waals surface area contributed by atoms with Crippen LogP contribution in [0.2, 0.25) is 0 Å². The van der Waals surface area contributed by atoms with Crippen molar-refractivity contribution >= 4 is 5.69 Å². The minimum atomic E-state index is 0.232. The molecule has 0 saturated heterocycles. The van der Waals surface area contributed by atoms with Crippen LogP contribution in [0.4, 0.5) is 5.69 Å². The van der Waals surface area contributed by atoms with Crippen molar-refractivity contribution in [2.75, 3.05) is 25.2 Å². The first-order valence-corrected chi connectivity index (χ1v) is 6.16. The molecular weight excluding hydrogens is 226 g/mol. The maximum Gasteiger partial charge on any atom is 0.101 e. The molecule has 1 unspecified atom stereocenters. The Labute approximate surface area is 109 Å². The zero-order valence-electron chi connectivity index (χ0n) is 11.3. The fourth-order valence-corrected chi connectivity index (χ4v) is 2.10. The summed E-state index contributed by atoms with van der Waals surface area (Å²) in [6.07, 6.45) is 0. The molecule has 98 valence electrons. The summed E-state index contributed by atoms with van der Waals surface area (Å²) in [6.45, 7) is 6.09. The van der Waals surface area contributed by atoms with Crippen molar-refractivity contribution in [3.63, 3.8) is 0 Å². The normalized spacial score (nSPS) is 11.9. The maximum absolute atomic E-state index is 9.25. The highest BCUT2D eigenvalue weighted by atomic mass is 16.5. The molecule has 18 heavy (non-hydrogen) atoms. The van der Waals surface area contributed by atoms with E-state index in [4.69, 9.17) is 10.5 Å². The lowest BCUT2D eigenvalue weighted by molar-refractivity contribution is 0.182. The lowest BCUT2D eigenvalue weighted by Crippen LogP contribution is -2.36. The second-order valence-corrected chi connectivity index (χ2v) is 4.26. The molecule has 0 aliphatic rings. The summed E-state index contributed by atoms with van der Waals surface area (Å²) in [4.78, 5) is 2.17. The summed E-state index contributed by atoms with van der Waals surface area (Å²) in [5.74, 6) is 0. The number of nitriles is 1. The molecular formula is C14H21N3O. The van der Waals surface area contributed by atoms with Crippen molar-refractivity contribution in [3.8, 4) is 6.07 Å². The molecule has 0 aliphatic heterocycles. The molecule has 0 heterocycles. The zero-order valence-corrected chi connectivity index (χ0v) is 11.3. The quantitative estimate of drug-likeness (QED) is 0.833. The number of hydrogen-bond acceptors (Lipinski definition) is 4. The number of nitrogens with zero attached hydrogens (tertiary/aromatic N) is 2. The highest BCUT2D eigenvalue weighted by Crippen LogP contribution is 2.23. The molecule has 0 fully saturated rings. The molecule has 0 bridgehead atoms. The molecule has 2 N–H and O–H groups in total. The maximum atomic E-state index is 9.25. The van der Waals surface area contributed by atoms with Crippen LogP contribution in [0.25, 0.3) is 0 Å². The summed E-state index contributed by atoms with van der Waals surface area (Å²) in [7, 11) is 1.69.